The second kappa shape index (κ2) is 11.7. The summed E-state index contributed by atoms with van der Waals surface area (Å²) < 4.78 is 0. The van der Waals surface area contributed by atoms with E-state index in [0.29, 0.717) is 0 Å². The molecule has 9 rings (SSSR count). The topological polar surface area (TPSA) is 36.4 Å². The molecule has 2 unspecified atom stereocenters. The summed E-state index contributed by atoms with van der Waals surface area (Å²) in [5.41, 5.74) is 9.24. The Morgan fingerprint density at radius 3 is 1.98 bits per heavy atom. The number of aliphatic imine (C=N–C) groups is 1. The van der Waals surface area contributed by atoms with Crippen molar-refractivity contribution >= 4 is 50.5 Å². The average molecular weight is 622 g/mol. The Kier molecular flexibility index (Phi) is 6.87. The van der Waals surface area contributed by atoms with E-state index in [9.17, 15) is 0 Å². The zero-order valence-electron chi connectivity index (χ0n) is 25.6. The molecule has 7 aromatic rings. The lowest BCUT2D eigenvalue weighted by atomic mass is 9.95. The highest BCUT2D eigenvalue weighted by Gasteiger charge is 2.25. The molecule has 2 heterocycles. The first-order valence-corrected chi connectivity index (χ1v) is 16.9. The van der Waals surface area contributed by atoms with Crippen LogP contribution in [0.4, 0.5) is 5.69 Å². The van der Waals surface area contributed by atoms with Crippen LogP contribution < -0.4 is 10.6 Å². The number of nitrogens with one attached hydrogen (secondary N) is 2. The largest absolute Gasteiger partial charge is 0.368 e. The van der Waals surface area contributed by atoms with Gasteiger partial charge in [-0.2, -0.15) is 0 Å². The van der Waals surface area contributed by atoms with E-state index in [2.05, 4.69) is 168 Å². The van der Waals surface area contributed by atoms with Gasteiger partial charge in [-0.25, -0.2) is 4.99 Å². The van der Waals surface area contributed by atoms with Gasteiger partial charge in [-0.1, -0.05) is 151 Å². The van der Waals surface area contributed by atoms with Crippen LogP contribution in [0.25, 0.3) is 38.4 Å². The van der Waals surface area contributed by atoms with Crippen LogP contribution in [0.15, 0.2) is 174 Å². The molecule has 47 heavy (non-hydrogen) atoms. The van der Waals surface area contributed by atoms with Crippen LogP contribution in [0.5, 0.6) is 0 Å². The minimum Gasteiger partial charge on any atom is -0.368 e. The number of benzene rings is 7. The minimum absolute atomic E-state index is 0.0199. The molecule has 0 saturated carbocycles. The molecule has 0 spiro atoms. The van der Waals surface area contributed by atoms with E-state index >= 15 is 0 Å². The summed E-state index contributed by atoms with van der Waals surface area (Å²) >= 11 is 1.89. The fraction of sp³-hybridized carbons (Fsp3) is 0.0465. The lowest BCUT2D eigenvalue weighted by molar-refractivity contribution is 0.781. The van der Waals surface area contributed by atoms with Gasteiger partial charge < -0.3 is 10.6 Å². The third kappa shape index (κ3) is 5.17. The molecule has 0 aliphatic carbocycles. The van der Waals surface area contributed by atoms with Gasteiger partial charge in [0, 0.05) is 15.8 Å². The molecule has 2 aliphatic rings. The SMILES string of the molecule is C1=C(c2ccccc2)N=C(c2cccc(-c3ccc4c(ccc5ccc6c(c54)NC(c4ccccc4)S6)c3)c2)NC1c1ccccc1. The summed E-state index contributed by atoms with van der Waals surface area (Å²) in [5, 5.41) is 12.8. The van der Waals surface area contributed by atoms with Crippen molar-refractivity contribution in [3.8, 4) is 11.1 Å². The first kappa shape index (κ1) is 27.7. The van der Waals surface area contributed by atoms with Crippen LogP contribution in [0.1, 0.15) is 33.7 Å². The molecule has 0 amide bonds. The maximum Gasteiger partial charge on any atom is 0.134 e. The highest BCUT2D eigenvalue weighted by Crippen LogP contribution is 2.50. The zero-order chi connectivity index (χ0) is 31.2. The van der Waals surface area contributed by atoms with Gasteiger partial charge in [-0.05, 0) is 68.3 Å². The van der Waals surface area contributed by atoms with Crippen molar-refractivity contribution in [1.29, 1.82) is 0 Å². The van der Waals surface area contributed by atoms with Crippen molar-refractivity contribution in [1.82, 2.24) is 5.32 Å². The fourth-order valence-electron chi connectivity index (χ4n) is 6.76. The standard InChI is InChI=1S/C43H31N3S/c1-4-11-28(12-5-1)37-27-38(29-13-6-2-7-14-29)45-42(44-37)35-18-10-17-32(26-35)33-21-23-36-34(25-33)20-19-30-22-24-39-41(40(30)36)46-43(47-39)31-15-8-3-9-16-31/h1-27,37,43,46H,(H,44,45). The van der Waals surface area contributed by atoms with Gasteiger partial charge in [0.15, 0.2) is 0 Å². The molecule has 2 N–H and O–H groups in total. The number of anilines is 1. The number of nitrogens with zero attached hydrogens (tertiary/aromatic N) is 1. The quantitative estimate of drug-likeness (QED) is 0.188. The third-order valence-corrected chi connectivity index (χ3v) is 10.4. The van der Waals surface area contributed by atoms with E-state index in [-0.39, 0.29) is 11.4 Å². The monoisotopic (exact) mass is 621 g/mol. The van der Waals surface area contributed by atoms with Gasteiger partial charge in [0.05, 0.1) is 17.4 Å². The average Bonchev–Trinajstić information content (AvgIpc) is 3.60. The fourth-order valence-corrected chi connectivity index (χ4v) is 7.91. The van der Waals surface area contributed by atoms with E-state index < -0.39 is 0 Å². The summed E-state index contributed by atoms with van der Waals surface area (Å²) in [6.07, 6.45) is 2.22. The first-order chi connectivity index (χ1) is 23.3. The van der Waals surface area contributed by atoms with E-state index in [1.807, 2.05) is 17.8 Å². The molecule has 3 nitrogen and oxygen atoms in total. The second-order valence-electron chi connectivity index (χ2n) is 12.1. The molecule has 2 aliphatic heterocycles. The molecular weight excluding hydrogens is 591 g/mol. The summed E-state index contributed by atoms with van der Waals surface area (Å²) in [4.78, 5) is 6.44. The Morgan fingerprint density at radius 1 is 0.511 bits per heavy atom. The van der Waals surface area contributed by atoms with E-state index in [4.69, 9.17) is 4.99 Å². The Labute approximate surface area is 278 Å². The second-order valence-corrected chi connectivity index (χ2v) is 13.2. The maximum atomic E-state index is 5.14. The number of rotatable bonds is 5. The molecule has 224 valence electrons. The van der Waals surface area contributed by atoms with Crippen molar-refractivity contribution in [2.45, 2.75) is 16.3 Å². The number of hydrogen-bond acceptors (Lipinski definition) is 4. The van der Waals surface area contributed by atoms with Gasteiger partial charge in [0.2, 0.25) is 0 Å². The lowest BCUT2D eigenvalue weighted by Crippen LogP contribution is -2.31. The number of hydrogen-bond donors (Lipinski definition) is 2. The lowest BCUT2D eigenvalue weighted by Gasteiger charge is -2.24. The number of thioether (sulfide) groups is 1. The molecule has 0 radical (unpaired) electrons. The van der Waals surface area contributed by atoms with E-state index in [1.165, 1.54) is 48.8 Å². The van der Waals surface area contributed by atoms with Gasteiger partial charge in [0.1, 0.15) is 11.2 Å². The van der Waals surface area contributed by atoms with Gasteiger partial charge >= 0.3 is 0 Å². The normalized spacial score (nSPS) is 17.0. The summed E-state index contributed by atoms with van der Waals surface area (Å²) in [7, 11) is 0. The van der Waals surface area contributed by atoms with Gasteiger partial charge in [-0.3, -0.25) is 0 Å². The summed E-state index contributed by atoms with van der Waals surface area (Å²) in [6.45, 7) is 0. The first-order valence-electron chi connectivity index (χ1n) is 16.0. The van der Waals surface area contributed by atoms with Crippen LogP contribution in [0.2, 0.25) is 0 Å². The predicted molar refractivity (Wildman–Crippen MR) is 199 cm³/mol. The number of amidine groups is 1. The van der Waals surface area contributed by atoms with Crippen molar-refractivity contribution in [2.24, 2.45) is 4.99 Å². The van der Waals surface area contributed by atoms with Crippen LogP contribution in [0, 0.1) is 0 Å². The Hall–Kier alpha value is -5.58. The van der Waals surface area contributed by atoms with Crippen molar-refractivity contribution in [2.75, 3.05) is 5.32 Å². The number of fused-ring (bicyclic) bond motifs is 5. The maximum absolute atomic E-state index is 5.14. The Morgan fingerprint density at radius 2 is 1.17 bits per heavy atom. The molecule has 0 bridgehead atoms. The van der Waals surface area contributed by atoms with Crippen LogP contribution in [-0.4, -0.2) is 5.84 Å². The van der Waals surface area contributed by atoms with Crippen LogP contribution >= 0.6 is 11.8 Å². The van der Waals surface area contributed by atoms with Crippen molar-refractivity contribution in [3.05, 3.63) is 186 Å². The van der Waals surface area contributed by atoms with Crippen LogP contribution in [-0.2, 0) is 0 Å². The zero-order valence-corrected chi connectivity index (χ0v) is 26.4. The van der Waals surface area contributed by atoms with Crippen molar-refractivity contribution in [3.63, 3.8) is 0 Å². The molecular formula is C43H31N3S. The molecule has 7 aromatic carbocycles. The van der Waals surface area contributed by atoms with E-state index in [1.54, 1.807) is 0 Å². The molecule has 0 aromatic heterocycles. The third-order valence-electron chi connectivity index (χ3n) is 9.13. The smallest absolute Gasteiger partial charge is 0.134 e. The highest BCUT2D eigenvalue weighted by atomic mass is 32.2. The Balaban J connectivity index is 1.08. The van der Waals surface area contributed by atoms with Gasteiger partial charge in [0.25, 0.3) is 0 Å². The molecule has 0 fully saturated rings. The molecule has 4 heteroatoms. The minimum atomic E-state index is 0.0199. The highest BCUT2D eigenvalue weighted by molar-refractivity contribution is 8.00. The molecule has 2 atom stereocenters. The summed E-state index contributed by atoms with van der Waals surface area (Å²) in [5.74, 6) is 0.876. The van der Waals surface area contributed by atoms with Gasteiger partial charge in [-0.15, -0.1) is 0 Å². The van der Waals surface area contributed by atoms with Crippen molar-refractivity contribution < 1.29 is 0 Å². The Bertz CT molecular complexity index is 2330. The predicted octanol–water partition coefficient (Wildman–Crippen LogP) is 11.0. The van der Waals surface area contributed by atoms with Crippen LogP contribution in [0.3, 0.4) is 0 Å². The summed E-state index contributed by atoms with van der Waals surface area (Å²) in [6, 6.07) is 56.4. The van der Waals surface area contributed by atoms with E-state index in [0.717, 1.165) is 28.2 Å². The molecule has 0 saturated heterocycles.